The van der Waals surface area contributed by atoms with E-state index in [4.69, 9.17) is 9.47 Å². The standard InChI is InChI=1S/C22H36N4O3.HI/c1-4-23-22(24-12-5-13-29-17-19-10-14-28-15-11-19)25-16-18-6-8-20(9-7-18)21(27)26(2)3;/h6-9,19H,4-5,10-17H2,1-3H3,(H2,23,24,25);1H. The number of carbonyl (C=O) groups is 1. The average Bonchev–Trinajstić information content (AvgIpc) is 2.74. The summed E-state index contributed by atoms with van der Waals surface area (Å²) in [6.45, 7) is 7.56. The van der Waals surface area contributed by atoms with Crippen LogP contribution >= 0.6 is 24.0 Å². The van der Waals surface area contributed by atoms with Gasteiger partial charge in [0.05, 0.1) is 6.54 Å². The zero-order valence-corrected chi connectivity index (χ0v) is 20.8. The molecule has 1 aliphatic heterocycles. The molecule has 170 valence electrons. The molecule has 0 atom stereocenters. The minimum absolute atomic E-state index is 0. The Bertz CT molecular complexity index is 632. The van der Waals surface area contributed by atoms with Crippen LogP contribution in [0.4, 0.5) is 0 Å². The second kappa shape index (κ2) is 15.4. The second-order valence-electron chi connectivity index (χ2n) is 7.50. The van der Waals surface area contributed by atoms with Gasteiger partial charge >= 0.3 is 0 Å². The highest BCUT2D eigenvalue weighted by Crippen LogP contribution is 2.14. The van der Waals surface area contributed by atoms with Crippen molar-refractivity contribution < 1.29 is 14.3 Å². The van der Waals surface area contributed by atoms with Crippen molar-refractivity contribution >= 4 is 35.8 Å². The first-order chi connectivity index (χ1) is 14.1. The summed E-state index contributed by atoms with van der Waals surface area (Å²) < 4.78 is 11.2. The maximum absolute atomic E-state index is 12.0. The second-order valence-corrected chi connectivity index (χ2v) is 7.50. The predicted octanol–water partition coefficient (Wildman–Crippen LogP) is 2.89. The first-order valence-electron chi connectivity index (χ1n) is 10.6. The van der Waals surface area contributed by atoms with Crippen molar-refractivity contribution in [2.45, 2.75) is 32.7 Å². The van der Waals surface area contributed by atoms with Gasteiger partial charge in [0.1, 0.15) is 0 Å². The van der Waals surface area contributed by atoms with Gasteiger partial charge in [-0.1, -0.05) is 12.1 Å². The summed E-state index contributed by atoms with van der Waals surface area (Å²) in [5.74, 6) is 1.45. The molecular formula is C22H37IN4O3. The maximum Gasteiger partial charge on any atom is 0.253 e. The molecule has 0 saturated carbocycles. The van der Waals surface area contributed by atoms with Crippen LogP contribution < -0.4 is 10.6 Å². The van der Waals surface area contributed by atoms with Crippen molar-refractivity contribution in [3.8, 4) is 0 Å². The van der Waals surface area contributed by atoms with Crippen molar-refractivity contribution in [3.63, 3.8) is 0 Å². The molecule has 1 aromatic rings. The summed E-state index contributed by atoms with van der Waals surface area (Å²) in [4.78, 5) is 18.2. The number of hydrogen-bond donors (Lipinski definition) is 2. The third kappa shape index (κ3) is 10.1. The summed E-state index contributed by atoms with van der Waals surface area (Å²) in [5, 5.41) is 6.62. The van der Waals surface area contributed by atoms with Gasteiger partial charge in [-0.15, -0.1) is 24.0 Å². The zero-order valence-electron chi connectivity index (χ0n) is 18.5. The van der Waals surface area contributed by atoms with Crippen molar-refractivity contribution in [2.75, 3.05) is 53.6 Å². The maximum atomic E-state index is 12.0. The molecule has 1 aromatic carbocycles. The minimum Gasteiger partial charge on any atom is -0.381 e. The summed E-state index contributed by atoms with van der Waals surface area (Å²) >= 11 is 0. The lowest BCUT2D eigenvalue weighted by atomic mass is 10.0. The molecule has 2 rings (SSSR count). The van der Waals surface area contributed by atoms with Gasteiger partial charge in [0.25, 0.3) is 5.91 Å². The molecule has 0 aromatic heterocycles. The molecule has 0 unspecified atom stereocenters. The summed E-state index contributed by atoms with van der Waals surface area (Å²) in [5.41, 5.74) is 1.76. The monoisotopic (exact) mass is 532 g/mol. The SMILES string of the molecule is CCNC(=NCc1ccc(C(=O)N(C)C)cc1)NCCCOCC1CCOCC1.I. The summed E-state index contributed by atoms with van der Waals surface area (Å²) in [7, 11) is 3.51. The highest BCUT2D eigenvalue weighted by Gasteiger charge is 2.13. The Morgan fingerprint density at radius 3 is 2.53 bits per heavy atom. The van der Waals surface area contributed by atoms with Gasteiger partial charge in [0.2, 0.25) is 0 Å². The lowest BCUT2D eigenvalue weighted by Crippen LogP contribution is -2.38. The van der Waals surface area contributed by atoms with Gasteiger partial charge in [0, 0.05) is 59.2 Å². The first-order valence-corrected chi connectivity index (χ1v) is 10.6. The van der Waals surface area contributed by atoms with E-state index in [1.165, 1.54) is 0 Å². The third-order valence-corrected chi connectivity index (χ3v) is 4.82. The molecular weight excluding hydrogens is 495 g/mol. The van der Waals surface area contributed by atoms with Crippen LogP contribution in [-0.4, -0.2) is 70.4 Å². The van der Waals surface area contributed by atoms with Gasteiger partial charge in [-0.2, -0.15) is 0 Å². The average molecular weight is 532 g/mol. The Morgan fingerprint density at radius 1 is 1.20 bits per heavy atom. The number of halogens is 1. The molecule has 30 heavy (non-hydrogen) atoms. The number of carbonyl (C=O) groups excluding carboxylic acids is 1. The van der Waals surface area contributed by atoms with E-state index >= 15 is 0 Å². The van der Waals surface area contributed by atoms with Crippen LogP contribution in [0.25, 0.3) is 0 Å². The van der Waals surface area contributed by atoms with Crippen LogP contribution in [0.1, 0.15) is 42.1 Å². The van der Waals surface area contributed by atoms with Crippen LogP contribution in [0.2, 0.25) is 0 Å². The molecule has 1 aliphatic rings. The quantitative estimate of drug-likeness (QED) is 0.210. The molecule has 0 spiro atoms. The molecule has 8 heteroatoms. The Hall–Kier alpha value is -1.39. The lowest BCUT2D eigenvalue weighted by Gasteiger charge is -2.21. The van der Waals surface area contributed by atoms with Crippen molar-refractivity contribution in [1.82, 2.24) is 15.5 Å². The number of hydrogen-bond acceptors (Lipinski definition) is 4. The van der Waals surface area contributed by atoms with Crippen LogP contribution in [0.3, 0.4) is 0 Å². The number of nitrogens with one attached hydrogen (secondary N) is 2. The normalized spacial score (nSPS) is 14.7. The fraction of sp³-hybridized carbons (Fsp3) is 0.636. The van der Waals surface area contributed by atoms with E-state index in [0.29, 0.717) is 18.0 Å². The molecule has 0 radical (unpaired) electrons. The number of rotatable bonds is 10. The van der Waals surface area contributed by atoms with Crippen LogP contribution in [0, 0.1) is 5.92 Å². The Kier molecular flexibility index (Phi) is 13.7. The van der Waals surface area contributed by atoms with Gasteiger partial charge in [-0.05, 0) is 49.8 Å². The van der Waals surface area contributed by atoms with Crippen LogP contribution in [0.15, 0.2) is 29.3 Å². The molecule has 7 nitrogen and oxygen atoms in total. The topological polar surface area (TPSA) is 75.2 Å². The number of nitrogens with zero attached hydrogens (tertiary/aromatic N) is 2. The third-order valence-electron chi connectivity index (χ3n) is 4.82. The largest absolute Gasteiger partial charge is 0.381 e. The molecule has 1 amide bonds. The first kappa shape index (κ1) is 26.6. The van der Waals surface area contributed by atoms with Gasteiger partial charge in [-0.25, -0.2) is 4.99 Å². The highest BCUT2D eigenvalue weighted by atomic mass is 127. The number of ether oxygens (including phenoxy) is 2. The van der Waals surface area contributed by atoms with E-state index < -0.39 is 0 Å². The van der Waals surface area contributed by atoms with E-state index in [-0.39, 0.29) is 29.9 Å². The van der Waals surface area contributed by atoms with E-state index in [0.717, 1.165) is 70.3 Å². The van der Waals surface area contributed by atoms with Crippen LogP contribution in [0.5, 0.6) is 0 Å². The Morgan fingerprint density at radius 2 is 1.90 bits per heavy atom. The highest BCUT2D eigenvalue weighted by molar-refractivity contribution is 14.0. The Labute approximate surface area is 198 Å². The molecule has 0 aliphatic carbocycles. The number of aliphatic imine (C=N–C) groups is 1. The predicted molar refractivity (Wildman–Crippen MR) is 132 cm³/mol. The van der Waals surface area contributed by atoms with E-state index in [1.54, 1.807) is 19.0 Å². The van der Waals surface area contributed by atoms with Crippen molar-refractivity contribution in [1.29, 1.82) is 0 Å². The van der Waals surface area contributed by atoms with E-state index in [1.807, 2.05) is 24.3 Å². The van der Waals surface area contributed by atoms with E-state index in [9.17, 15) is 4.79 Å². The fourth-order valence-electron chi connectivity index (χ4n) is 3.07. The molecule has 2 N–H and O–H groups in total. The Balaban J connectivity index is 0.00000450. The number of amides is 1. The fourth-order valence-corrected chi connectivity index (χ4v) is 3.07. The van der Waals surface area contributed by atoms with Crippen LogP contribution in [-0.2, 0) is 16.0 Å². The minimum atomic E-state index is 0. The number of benzene rings is 1. The van der Waals surface area contributed by atoms with Gasteiger partial charge in [0.15, 0.2) is 5.96 Å². The number of guanidine groups is 1. The molecule has 1 heterocycles. The summed E-state index contributed by atoms with van der Waals surface area (Å²) in [6, 6.07) is 7.61. The lowest BCUT2D eigenvalue weighted by molar-refractivity contribution is 0.0203. The molecule has 1 fully saturated rings. The van der Waals surface area contributed by atoms with Crippen molar-refractivity contribution in [2.24, 2.45) is 10.9 Å². The molecule has 1 saturated heterocycles. The zero-order chi connectivity index (χ0) is 20.9. The summed E-state index contributed by atoms with van der Waals surface area (Å²) in [6.07, 6.45) is 3.16. The van der Waals surface area contributed by atoms with Gasteiger partial charge in [-0.3, -0.25) is 4.79 Å². The smallest absolute Gasteiger partial charge is 0.253 e. The van der Waals surface area contributed by atoms with Crippen molar-refractivity contribution in [3.05, 3.63) is 35.4 Å². The van der Waals surface area contributed by atoms with Gasteiger partial charge < -0.3 is 25.0 Å². The molecule has 0 bridgehead atoms. The van der Waals surface area contributed by atoms with E-state index in [2.05, 4.69) is 22.5 Å².